The Bertz CT molecular complexity index is 1240. The van der Waals surface area contributed by atoms with Gasteiger partial charge in [-0.3, -0.25) is 19.7 Å². The molecule has 0 saturated carbocycles. The van der Waals surface area contributed by atoms with Crippen LogP contribution >= 0.6 is 11.6 Å². The number of benzene rings is 3. The number of phenolic OH excluding ortho intramolecular Hbond substituents is 2. The Labute approximate surface area is 168 Å². The highest BCUT2D eigenvalue weighted by atomic mass is 35.5. The van der Waals surface area contributed by atoms with Crippen LogP contribution in [0.25, 0.3) is 0 Å². The van der Waals surface area contributed by atoms with Gasteiger partial charge in [0.25, 0.3) is 5.69 Å². The van der Waals surface area contributed by atoms with Crippen molar-refractivity contribution in [3.63, 3.8) is 0 Å². The minimum atomic E-state index is -0.886. The average Bonchev–Trinajstić information content (AvgIpc) is 2.67. The Morgan fingerprint density at radius 3 is 2.14 bits per heavy atom. The molecule has 0 heterocycles. The summed E-state index contributed by atoms with van der Waals surface area (Å²) in [5.74, 6) is -2.81. The van der Waals surface area contributed by atoms with Gasteiger partial charge in [-0.25, -0.2) is 0 Å². The van der Waals surface area contributed by atoms with E-state index in [4.69, 9.17) is 11.6 Å². The van der Waals surface area contributed by atoms with E-state index in [0.29, 0.717) is 10.7 Å². The summed E-state index contributed by atoms with van der Waals surface area (Å²) in [6, 6.07) is 11.1. The highest BCUT2D eigenvalue weighted by Crippen LogP contribution is 2.43. The largest absolute Gasteiger partial charge is 0.507 e. The second kappa shape index (κ2) is 6.61. The predicted molar refractivity (Wildman–Crippen MR) is 104 cm³/mol. The molecular weight excluding hydrogens is 400 g/mol. The molecule has 0 aliphatic heterocycles. The fourth-order valence-corrected chi connectivity index (χ4v) is 3.52. The molecule has 0 saturated heterocycles. The first kappa shape index (κ1) is 18.5. The van der Waals surface area contributed by atoms with E-state index in [1.54, 1.807) is 24.3 Å². The van der Waals surface area contributed by atoms with E-state index in [9.17, 15) is 29.9 Å². The fourth-order valence-electron chi connectivity index (χ4n) is 3.33. The first-order chi connectivity index (χ1) is 13.8. The number of phenols is 2. The van der Waals surface area contributed by atoms with Gasteiger partial charge < -0.3 is 15.5 Å². The quantitative estimate of drug-likeness (QED) is 0.262. The third kappa shape index (κ3) is 2.86. The monoisotopic (exact) mass is 410 g/mol. The Balaban J connectivity index is 1.97. The lowest BCUT2D eigenvalue weighted by molar-refractivity contribution is -0.385. The standard InChI is InChI=1S/C20H11ClN2O6/c21-9-2-1-3-10(8-9)22-11-4-6-13(24)17-15(11)19(26)16-12(23(28)29)5-7-14(25)18(16)20(17)27/h1-8,22,24-25H. The zero-order chi connectivity index (χ0) is 20.9. The van der Waals surface area contributed by atoms with Crippen LogP contribution in [0.1, 0.15) is 31.8 Å². The van der Waals surface area contributed by atoms with Crippen molar-refractivity contribution >= 4 is 40.2 Å². The number of aromatic hydroxyl groups is 2. The van der Waals surface area contributed by atoms with Gasteiger partial charge in [0.2, 0.25) is 11.6 Å². The van der Waals surface area contributed by atoms with Crippen LogP contribution in [0.5, 0.6) is 11.5 Å². The van der Waals surface area contributed by atoms with E-state index in [2.05, 4.69) is 5.32 Å². The number of hydrogen-bond donors (Lipinski definition) is 3. The normalized spacial score (nSPS) is 12.3. The summed E-state index contributed by atoms with van der Waals surface area (Å²) in [6.07, 6.45) is 0. The predicted octanol–water partition coefficient (Wildman–Crippen LogP) is 4.18. The summed E-state index contributed by atoms with van der Waals surface area (Å²) in [6.45, 7) is 0. The molecule has 0 amide bonds. The van der Waals surface area contributed by atoms with Gasteiger partial charge in [-0.15, -0.1) is 0 Å². The number of nitrogens with zero attached hydrogens (tertiary/aromatic N) is 1. The van der Waals surface area contributed by atoms with Crippen molar-refractivity contribution in [3.05, 3.63) is 85.9 Å². The number of carbonyl (C=O) groups excluding carboxylic acids is 2. The van der Waals surface area contributed by atoms with Crippen molar-refractivity contribution in [1.82, 2.24) is 0 Å². The van der Waals surface area contributed by atoms with E-state index < -0.39 is 44.8 Å². The second-order valence-electron chi connectivity index (χ2n) is 6.29. The molecule has 29 heavy (non-hydrogen) atoms. The molecule has 1 aliphatic carbocycles. The molecule has 0 bridgehead atoms. The van der Waals surface area contributed by atoms with Crippen LogP contribution in [-0.4, -0.2) is 26.7 Å². The average molecular weight is 411 g/mol. The molecule has 3 N–H and O–H groups in total. The summed E-state index contributed by atoms with van der Waals surface area (Å²) in [5, 5.41) is 35.1. The van der Waals surface area contributed by atoms with Crippen LogP contribution < -0.4 is 5.32 Å². The van der Waals surface area contributed by atoms with Crippen LogP contribution in [0.15, 0.2) is 48.5 Å². The summed E-state index contributed by atoms with van der Waals surface area (Å²) in [5.41, 5.74) is -1.55. The SMILES string of the molecule is O=C1c2c(O)ccc(Nc3cccc(Cl)c3)c2C(=O)c2c([N+](=O)[O-])ccc(O)c21. The van der Waals surface area contributed by atoms with Gasteiger partial charge in [-0.2, -0.15) is 0 Å². The fraction of sp³-hybridized carbons (Fsp3) is 0. The van der Waals surface area contributed by atoms with Gasteiger partial charge in [0.15, 0.2) is 0 Å². The van der Waals surface area contributed by atoms with Crippen LogP contribution in [0.4, 0.5) is 17.1 Å². The number of hydrogen-bond acceptors (Lipinski definition) is 7. The van der Waals surface area contributed by atoms with Crippen LogP contribution in [0, 0.1) is 10.1 Å². The Kier molecular flexibility index (Phi) is 4.20. The number of nitro benzene ring substituents is 1. The minimum Gasteiger partial charge on any atom is -0.507 e. The summed E-state index contributed by atoms with van der Waals surface area (Å²) in [7, 11) is 0. The first-order valence-corrected chi connectivity index (χ1v) is 8.65. The summed E-state index contributed by atoms with van der Waals surface area (Å²) >= 11 is 5.97. The number of nitrogens with one attached hydrogen (secondary N) is 1. The maximum absolute atomic E-state index is 13.2. The van der Waals surface area contributed by atoms with Gasteiger partial charge in [0.05, 0.1) is 27.3 Å². The molecule has 0 unspecified atom stereocenters. The van der Waals surface area contributed by atoms with Crippen molar-refractivity contribution in [1.29, 1.82) is 0 Å². The van der Waals surface area contributed by atoms with Gasteiger partial charge in [0.1, 0.15) is 17.1 Å². The first-order valence-electron chi connectivity index (χ1n) is 8.28. The lowest BCUT2D eigenvalue weighted by Gasteiger charge is -2.22. The van der Waals surface area contributed by atoms with E-state index in [1.807, 2.05) is 0 Å². The summed E-state index contributed by atoms with van der Waals surface area (Å²) < 4.78 is 0. The zero-order valence-electron chi connectivity index (χ0n) is 14.5. The molecule has 0 spiro atoms. The van der Waals surface area contributed by atoms with Crippen LogP contribution in [0.3, 0.4) is 0 Å². The van der Waals surface area contributed by atoms with E-state index in [-0.39, 0.29) is 16.8 Å². The minimum absolute atomic E-state index is 0.154. The molecule has 0 atom stereocenters. The number of halogens is 1. The second-order valence-corrected chi connectivity index (χ2v) is 6.72. The number of ketones is 2. The molecule has 0 radical (unpaired) electrons. The Morgan fingerprint density at radius 2 is 1.48 bits per heavy atom. The van der Waals surface area contributed by atoms with E-state index >= 15 is 0 Å². The van der Waals surface area contributed by atoms with Gasteiger partial charge in [-0.1, -0.05) is 17.7 Å². The smallest absolute Gasteiger partial charge is 0.281 e. The van der Waals surface area contributed by atoms with Crippen molar-refractivity contribution in [2.45, 2.75) is 0 Å². The highest BCUT2D eigenvalue weighted by molar-refractivity contribution is 6.33. The van der Waals surface area contributed by atoms with Crippen molar-refractivity contribution in [2.24, 2.45) is 0 Å². The maximum Gasteiger partial charge on any atom is 0.281 e. The summed E-state index contributed by atoms with van der Waals surface area (Å²) in [4.78, 5) is 36.8. The Hall–Kier alpha value is -3.91. The van der Waals surface area contributed by atoms with E-state index in [1.165, 1.54) is 12.1 Å². The molecule has 9 heteroatoms. The van der Waals surface area contributed by atoms with E-state index in [0.717, 1.165) is 12.1 Å². The maximum atomic E-state index is 13.2. The topological polar surface area (TPSA) is 130 Å². The van der Waals surface area contributed by atoms with Crippen LogP contribution in [0.2, 0.25) is 5.02 Å². The lowest BCUT2D eigenvalue weighted by Crippen LogP contribution is -2.23. The van der Waals surface area contributed by atoms with Crippen molar-refractivity contribution in [3.8, 4) is 11.5 Å². The number of rotatable bonds is 3. The lowest BCUT2D eigenvalue weighted by atomic mass is 9.81. The highest BCUT2D eigenvalue weighted by Gasteiger charge is 2.40. The molecule has 0 aromatic heterocycles. The molecule has 3 aromatic rings. The molecule has 4 rings (SSSR count). The Morgan fingerprint density at radius 1 is 0.862 bits per heavy atom. The molecule has 0 fully saturated rings. The molecular formula is C20H11ClN2O6. The molecule has 1 aliphatic rings. The number of fused-ring (bicyclic) bond motifs is 2. The van der Waals surface area contributed by atoms with Gasteiger partial charge >= 0.3 is 0 Å². The number of nitro groups is 1. The van der Waals surface area contributed by atoms with Crippen molar-refractivity contribution in [2.75, 3.05) is 5.32 Å². The third-order valence-corrected chi connectivity index (χ3v) is 4.79. The number of carbonyl (C=O) groups is 2. The van der Waals surface area contributed by atoms with Gasteiger partial charge in [0, 0.05) is 16.8 Å². The molecule has 8 nitrogen and oxygen atoms in total. The molecule has 3 aromatic carbocycles. The zero-order valence-corrected chi connectivity index (χ0v) is 15.2. The molecule has 144 valence electrons. The van der Waals surface area contributed by atoms with Crippen LogP contribution in [-0.2, 0) is 0 Å². The number of anilines is 2. The van der Waals surface area contributed by atoms with Crippen molar-refractivity contribution < 1.29 is 24.7 Å². The third-order valence-electron chi connectivity index (χ3n) is 4.55. The van der Waals surface area contributed by atoms with Gasteiger partial charge in [-0.05, 0) is 36.4 Å².